The monoisotopic (exact) mass is 637 g/mol. The van der Waals surface area contributed by atoms with E-state index in [1.165, 1.54) is 21.9 Å². The molecule has 4 rings (SSSR count). The molecule has 1 atom stereocenters. The second-order valence-electron chi connectivity index (χ2n) is 10.9. The van der Waals surface area contributed by atoms with E-state index >= 15 is 0 Å². The number of aromatic nitrogens is 1. The molecular weight excluding hydrogens is 602 g/mol. The van der Waals surface area contributed by atoms with Crippen LogP contribution in [0.3, 0.4) is 0 Å². The molecule has 0 unspecified atom stereocenters. The third kappa shape index (κ3) is 10.0. The largest absolute Gasteiger partial charge is 0.447 e. The Kier molecular flexibility index (Phi) is 11.8. The van der Waals surface area contributed by atoms with Gasteiger partial charge in [0.1, 0.15) is 18.2 Å². The number of likely N-dealkylation sites (N-methyl/N-ethyl adjacent to an activating group) is 1. The Morgan fingerprint density at radius 1 is 1.07 bits per heavy atom. The van der Waals surface area contributed by atoms with E-state index in [2.05, 4.69) is 15.2 Å². The van der Waals surface area contributed by atoms with Gasteiger partial charge >= 0.3 is 12.3 Å². The summed E-state index contributed by atoms with van der Waals surface area (Å²) in [5, 5.41) is 4.43. The minimum absolute atomic E-state index is 0.0165. The smallest absolute Gasteiger partial charge is 0.412 e. The molecule has 8 nitrogen and oxygen atoms in total. The van der Waals surface area contributed by atoms with Gasteiger partial charge in [0.2, 0.25) is 5.91 Å². The van der Waals surface area contributed by atoms with Gasteiger partial charge in [-0.25, -0.2) is 14.2 Å². The second kappa shape index (κ2) is 15.5. The fourth-order valence-electron chi connectivity index (χ4n) is 5.19. The summed E-state index contributed by atoms with van der Waals surface area (Å²) in [5.74, 6) is -0.454. The number of hydrogen-bond acceptors (Lipinski definition) is 6. The first-order valence-electron chi connectivity index (χ1n) is 14.5. The zero-order valence-electron chi connectivity index (χ0n) is 24.5. The number of pyridine rings is 1. The molecule has 2 aromatic carbocycles. The highest BCUT2D eigenvalue weighted by Gasteiger charge is 2.32. The van der Waals surface area contributed by atoms with Gasteiger partial charge in [-0.05, 0) is 48.9 Å². The van der Waals surface area contributed by atoms with Crippen LogP contribution in [0.1, 0.15) is 24.8 Å². The molecule has 3 aromatic rings. The summed E-state index contributed by atoms with van der Waals surface area (Å²) < 4.78 is 57.5. The maximum Gasteiger partial charge on any atom is 0.412 e. The molecule has 1 fully saturated rings. The van der Waals surface area contributed by atoms with Crippen molar-refractivity contribution in [3.8, 4) is 0 Å². The highest BCUT2D eigenvalue weighted by molar-refractivity contribution is 6.31. The second-order valence-corrected chi connectivity index (χ2v) is 11.3. The van der Waals surface area contributed by atoms with Gasteiger partial charge in [-0.15, -0.1) is 0 Å². The first kappa shape index (κ1) is 33.4. The Bertz CT molecular complexity index is 1420. The maximum atomic E-state index is 13.8. The number of amides is 2. The maximum absolute atomic E-state index is 13.8. The number of ether oxygens (including phenoxy) is 1. The Hall–Kier alpha value is -3.48. The number of nitrogens with one attached hydrogen (secondary N) is 1. The molecule has 1 aromatic heterocycles. The van der Waals surface area contributed by atoms with Crippen molar-refractivity contribution in [2.24, 2.45) is 0 Å². The van der Waals surface area contributed by atoms with Crippen LogP contribution in [0.25, 0.3) is 10.8 Å². The summed E-state index contributed by atoms with van der Waals surface area (Å²) >= 11 is 6.05. The Balaban J connectivity index is 1.32. The van der Waals surface area contributed by atoms with Gasteiger partial charge in [0.25, 0.3) is 0 Å². The lowest BCUT2D eigenvalue weighted by Gasteiger charge is -2.35. The van der Waals surface area contributed by atoms with Crippen LogP contribution in [0.15, 0.2) is 54.7 Å². The van der Waals surface area contributed by atoms with Crippen LogP contribution < -0.4 is 5.32 Å². The summed E-state index contributed by atoms with van der Waals surface area (Å²) in [5.41, 5.74) is 0.521. The summed E-state index contributed by atoms with van der Waals surface area (Å²) in [6, 6.07) is 13.3. The molecule has 2 amide bonds. The SMILES string of the molecule is CN(C(=O)CCc1cccc(F)c1Cl)[C@@H](CCCN1CCN(CC(F)(F)F)CC1)COC(=O)Nc1cc2ccccc2cn1. The number of hydrogen-bond donors (Lipinski definition) is 1. The van der Waals surface area contributed by atoms with Crippen LogP contribution in [0, 0.1) is 5.82 Å². The average Bonchev–Trinajstić information content (AvgIpc) is 2.99. The van der Waals surface area contributed by atoms with E-state index in [-0.39, 0.29) is 30.4 Å². The van der Waals surface area contributed by atoms with E-state index in [4.69, 9.17) is 16.3 Å². The summed E-state index contributed by atoms with van der Waals surface area (Å²) in [6.07, 6.45) is -1.85. The van der Waals surface area contributed by atoms with Gasteiger partial charge in [-0.2, -0.15) is 13.2 Å². The first-order chi connectivity index (χ1) is 21.0. The number of fused-ring (bicyclic) bond motifs is 1. The van der Waals surface area contributed by atoms with Gasteiger partial charge in [-0.3, -0.25) is 15.0 Å². The van der Waals surface area contributed by atoms with Crippen LogP contribution in [0.2, 0.25) is 5.02 Å². The van der Waals surface area contributed by atoms with E-state index in [1.54, 1.807) is 25.4 Å². The highest BCUT2D eigenvalue weighted by Crippen LogP contribution is 2.22. The predicted octanol–water partition coefficient (Wildman–Crippen LogP) is 6.00. The molecule has 2 heterocycles. The minimum Gasteiger partial charge on any atom is -0.447 e. The lowest BCUT2D eigenvalue weighted by molar-refractivity contribution is -0.149. The molecule has 1 N–H and O–H groups in total. The number of rotatable bonds is 12. The van der Waals surface area contributed by atoms with Crippen LogP contribution in [0.5, 0.6) is 0 Å². The van der Waals surface area contributed by atoms with E-state index in [0.29, 0.717) is 56.9 Å². The van der Waals surface area contributed by atoms with Gasteiger partial charge in [0.15, 0.2) is 0 Å². The molecular formula is C31H36ClF4N5O3. The minimum atomic E-state index is -4.22. The van der Waals surface area contributed by atoms with Gasteiger partial charge < -0.3 is 14.5 Å². The number of piperazine rings is 1. The number of anilines is 1. The van der Waals surface area contributed by atoms with Crippen molar-refractivity contribution in [3.05, 3.63) is 71.1 Å². The van der Waals surface area contributed by atoms with E-state index in [1.807, 2.05) is 24.3 Å². The van der Waals surface area contributed by atoms with Crippen molar-refractivity contribution in [3.63, 3.8) is 0 Å². The molecule has 0 radical (unpaired) electrons. The topological polar surface area (TPSA) is 78.0 Å². The predicted molar refractivity (Wildman–Crippen MR) is 161 cm³/mol. The van der Waals surface area contributed by atoms with Crippen LogP contribution in [-0.2, 0) is 16.0 Å². The quantitative estimate of drug-likeness (QED) is 0.246. The molecule has 0 bridgehead atoms. The van der Waals surface area contributed by atoms with E-state index in [9.17, 15) is 27.2 Å². The number of benzene rings is 2. The molecule has 1 aliphatic heterocycles. The Morgan fingerprint density at radius 3 is 2.50 bits per heavy atom. The zero-order valence-corrected chi connectivity index (χ0v) is 25.2. The van der Waals surface area contributed by atoms with Crippen LogP contribution in [0.4, 0.5) is 28.2 Å². The summed E-state index contributed by atoms with van der Waals surface area (Å²) in [7, 11) is 1.63. The lowest BCUT2D eigenvalue weighted by atomic mass is 10.1. The number of alkyl halides is 3. The number of nitrogens with zero attached hydrogens (tertiary/aromatic N) is 4. The number of carbonyl (C=O) groups is 2. The van der Waals surface area contributed by atoms with Crippen LogP contribution >= 0.6 is 11.6 Å². The van der Waals surface area contributed by atoms with Crippen molar-refractivity contribution >= 4 is 40.2 Å². The molecule has 0 saturated carbocycles. The Labute approximate surface area is 258 Å². The number of halogens is 5. The van der Waals surface area contributed by atoms with Gasteiger partial charge in [0.05, 0.1) is 17.6 Å². The molecule has 1 saturated heterocycles. The molecule has 0 spiro atoms. The third-order valence-corrected chi connectivity index (χ3v) is 8.15. The molecule has 13 heteroatoms. The van der Waals surface area contributed by atoms with E-state index < -0.39 is 30.7 Å². The number of aryl methyl sites for hydroxylation is 1. The van der Waals surface area contributed by atoms with Crippen molar-refractivity contribution in [1.29, 1.82) is 0 Å². The van der Waals surface area contributed by atoms with Gasteiger partial charge in [-0.1, -0.05) is 48.0 Å². The molecule has 238 valence electrons. The normalized spacial score (nSPS) is 15.2. The average molecular weight is 638 g/mol. The molecule has 1 aliphatic rings. The van der Waals surface area contributed by atoms with Crippen LogP contribution in [-0.4, -0.2) is 96.8 Å². The first-order valence-corrected chi connectivity index (χ1v) is 14.8. The lowest BCUT2D eigenvalue weighted by Crippen LogP contribution is -2.49. The highest BCUT2D eigenvalue weighted by atomic mass is 35.5. The fourth-order valence-corrected chi connectivity index (χ4v) is 5.41. The molecule has 0 aliphatic carbocycles. The standard InChI is InChI=1S/C31H36ClF4N5O3/c1-39(28(42)12-11-22-8-4-10-26(33)29(22)32)25(9-5-13-40-14-16-41(17-15-40)21-31(34,35)36)20-44-30(43)38-27-18-23-6-2-3-7-24(23)19-37-27/h2-4,6-8,10,18-19,25H,5,9,11-17,20-21H2,1H3,(H,37,38,43)/t25-/m0/s1. The van der Waals surface area contributed by atoms with Crippen molar-refractivity contribution < 1.29 is 31.9 Å². The Morgan fingerprint density at radius 2 is 1.77 bits per heavy atom. The zero-order chi connectivity index (χ0) is 31.7. The van der Waals surface area contributed by atoms with Crippen molar-refractivity contribution in [2.75, 3.05) is 58.2 Å². The summed E-state index contributed by atoms with van der Waals surface area (Å²) in [6.45, 7) is 1.33. The number of carbonyl (C=O) groups excluding carboxylic acids is 2. The third-order valence-electron chi connectivity index (χ3n) is 7.73. The van der Waals surface area contributed by atoms with Crippen molar-refractivity contribution in [1.82, 2.24) is 19.7 Å². The van der Waals surface area contributed by atoms with Gasteiger partial charge in [0, 0.05) is 51.2 Å². The molecule has 44 heavy (non-hydrogen) atoms. The van der Waals surface area contributed by atoms with E-state index in [0.717, 1.165) is 10.8 Å². The van der Waals surface area contributed by atoms with Crippen molar-refractivity contribution in [2.45, 2.75) is 37.9 Å². The fraction of sp³-hybridized carbons (Fsp3) is 0.452. The summed E-state index contributed by atoms with van der Waals surface area (Å²) in [4.78, 5) is 35.1.